The number of rotatable bonds is 4. The van der Waals surface area contributed by atoms with Crippen molar-refractivity contribution in [1.29, 1.82) is 0 Å². The van der Waals surface area contributed by atoms with E-state index in [-0.39, 0.29) is 11.9 Å². The summed E-state index contributed by atoms with van der Waals surface area (Å²) in [5.74, 6) is 1.53. The van der Waals surface area contributed by atoms with Gasteiger partial charge in [0.25, 0.3) is 0 Å². The molecule has 25 heavy (non-hydrogen) atoms. The van der Waals surface area contributed by atoms with Crippen LogP contribution in [0.5, 0.6) is 5.75 Å². The number of anilines is 1. The topological polar surface area (TPSA) is 29.5 Å². The van der Waals surface area contributed by atoms with E-state index >= 15 is 0 Å². The molecule has 1 atom stereocenters. The first-order valence-electron chi connectivity index (χ1n) is 9.03. The van der Waals surface area contributed by atoms with E-state index < -0.39 is 0 Å². The van der Waals surface area contributed by atoms with E-state index in [1.54, 1.807) is 0 Å². The molecule has 0 N–H and O–H groups in total. The van der Waals surface area contributed by atoms with Gasteiger partial charge in [0.1, 0.15) is 12.4 Å². The van der Waals surface area contributed by atoms with Gasteiger partial charge in [-0.05, 0) is 30.5 Å². The molecule has 2 aliphatic rings. The van der Waals surface area contributed by atoms with Crippen molar-refractivity contribution in [3.8, 4) is 5.75 Å². The van der Waals surface area contributed by atoms with Gasteiger partial charge in [-0.3, -0.25) is 9.69 Å². The van der Waals surface area contributed by atoms with Gasteiger partial charge in [-0.25, -0.2) is 0 Å². The molecule has 0 aromatic heterocycles. The van der Waals surface area contributed by atoms with Crippen LogP contribution in [0.15, 0.2) is 54.6 Å². The van der Waals surface area contributed by atoms with E-state index in [4.69, 9.17) is 4.74 Å². The summed E-state index contributed by atoms with van der Waals surface area (Å²) in [6.45, 7) is 0.501. The first kappa shape index (κ1) is 16.5. The van der Waals surface area contributed by atoms with Gasteiger partial charge in [-0.1, -0.05) is 55.3 Å². The van der Waals surface area contributed by atoms with E-state index in [1.165, 1.54) is 25.7 Å². The molecule has 1 aliphatic heterocycles. The average molecular weight is 353 g/mol. The number of fused-ring (bicyclic) bond motifs is 1. The zero-order valence-corrected chi connectivity index (χ0v) is 15.1. The van der Waals surface area contributed by atoms with Crippen LogP contribution in [-0.4, -0.2) is 23.5 Å². The highest BCUT2D eigenvalue weighted by Crippen LogP contribution is 2.40. The van der Waals surface area contributed by atoms with Crippen LogP contribution in [0.3, 0.4) is 0 Å². The summed E-state index contributed by atoms with van der Waals surface area (Å²) in [6.07, 6.45) is 5.11. The summed E-state index contributed by atoms with van der Waals surface area (Å²) >= 11 is 1.83. The molecule has 2 aromatic rings. The Labute approximate surface area is 153 Å². The van der Waals surface area contributed by atoms with Crippen molar-refractivity contribution in [1.82, 2.24) is 0 Å². The van der Waals surface area contributed by atoms with Crippen LogP contribution in [0.1, 0.15) is 37.3 Å². The van der Waals surface area contributed by atoms with E-state index in [9.17, 15) is 4.79 Å². The Morgan fingerprint density at radius 3 is 2.56 bits per heavy atom. The van der Waals surface area contributed by atoms with Gasteiger partial charge in [0.05, 0.1) is 17.5 Å². The SMILES string of the molecule is O=C(CSC1CCCC1)N1c2ccccc2OC[C@@H]1c1ccccc1. The quantitative estimate of drug-likeness (QED) is 0.788. The monoisotopic (exact) mass is 353 g/mol. The largest absolute Gasteiger partial charge is 0.489 e. The summed E-state index contributed by atoms with van der Waals surface area (Å²) in [6, 6.07) is 18.0. The number of amides is 1. The molecule has 1 heterocycles. The molecule has 4 rings (SSSR count). The average Bonchev–Trinajstić information content (AvgIpc) is 3.19. The maximum atomic E-state index is 13.2. The molecule has 2 aromatic carbocycles. The normalized spacial score (nSPS) is 20.2. The molecular formula is C21H23NO2S. The van der Waals surface area contributed by atoms with Crippen LogP contribution >= 0.6 is 11.8 Å². The van der Waals surface area contributed by atoms with E-state index in [0.29, 0.717) is 17.6 Å². The van der Waals surface area contributed by atoms with E-state index in [0.717, 1.165) is 17.0 Å². The number of nitrogens with zero attached hydrogens (tertiary/aromatic N) is 1. The minimum absolute atomic E-state index is 0.0622. The fourth-order valence-corrected chi connectivity index (χ4v) is 4.92. The van der Waals surface area contributed by atoms with Gasteiger partial charge < -0.3 is 4.74 Å². The molecule has 0 spiro atoms. The Hall–Kier alpha value is -1.94. The zero-order valence-electron chi connectivity index (χ0n) is 14.3. The highest BCUT2D eigenvalue weighted by Gasteiger charge is 2.33. The number of hydrogen-bond donors (Lipinski definition) is 0. The van der Waals surface area contributed by atoms with Gasteiger partial charge in [-0.2, -0.15) is 0 Å². The highest BCUT2D eigenvalue weighted by molar-refractivity contribution is 8.00. The first-order valence-corrected chi connectivity index (χ1v) is 10.1. The Morgan fingerprint density at radius 2 is 1.76 bits per heavy atom. The number of para-hydroxylation sites is 2. The second-order valence-electron chi connectivity index (χ2n) is 6.69. The number of thioether (sulfide) groups is 1. The van der Waals surface area contributed by atoms with Crippen molar-refractivity contribution in [2.45, 2.75) is 37.0 Å². The predicted molar refractivity (Wildman–Crippen MR) is 103 cm³/mol. The summed E-state index contributed by atoms with van der Waals surface area (Å²) in [7, 11) is 0. The van der Waals surface area contributed by atoms with Crippen LogP contribution < -0.4 is 9.64 Å². The zero-order chi connectivity index (χ0) is 17.1. The summed E-state index contributed by atoms with van der Waals surface area (Å²) in [4.78, 5) is 15.1. The summed E-state index contributed by atoms with van der Waals surface area (Å²) < 4.78 is 5.95. The first-order chi connectivity index (χ1) is 12.3. The molecule has 1 aliphatic carbocycles. The highest BCUT2D eigenvalue weighted by atomic mass is 32.2. The lowest BCUT2D eigenvalue weighted by Gasteiger charge is -2.37. The smallest absolute Gasteiger partial charge is 0.237 e. The van der Waals surface area contributed by atoms with Crippen LogP contribution in [0.25, 0.3) is 0 Å². The fraction of sp³-hybridized carbons (Fsp3) is 0.381. The minimum Gasteiger partial charge on any atom is -0.489 e. The molecule has 130 valence electrons. The van der Waals surface area contributed by atoms with E-state index in [2.05, 4.69) is 12.1 Å². The Morgan fingerprint density at radius 1 is 1.04 bits per heavy atom. The molecule has 1 amide bonds. The fourth-order valence-electron chi connectivity index (χ4n) is 3.73. The van der Waals surface area contributed by atoms with Crippen LogP contribution in [-0.2, 0) is 4.79 Å². The summed E-state index contributed by atoms with van der Waals surface area (Å²) in [5.41, 5.74) is 2.01. The lowest BCUT2D eigenvalue weighted by molar-refractivity contribution is -0.117. The standard InChI is InChI=1S/C21H23NO2S/c23-21(15-25-17-10-4-5-11-17)22-18-12-6-7-13-20(18)24-14-19(22)16-8-2-1-3-9-16/h1-3,6-9,12-13,17,19H,4-5,10-11,14-15H2/t19-/m1/s1. The van der Waals surface area contributed by atoms with Gasteiger partial charge in [-0.15, -0.1) is 11.8 Å². The third kappa shape index (κ3) is 3.54. The third-order valence-electron chi connectivity index (χ3n) is 5.03. The van der Waals surface area contributed by atoms with Crippen molar-refractivity contribution in [3.63, 3.8) is 0 Å². The molecule has 0 saturated heterocycles. The number of carbonyl (C=O) groups is 1. The van der Waals surface area contributed by atoms with Gasteiger partial charge >= 0.3 is 0 Å². The molecule has 4 heteroatoms. The molecular weight excluding hydrogens is 330 g/mol. The molecule has 0 unspecified atom stereocenters. The third-order valence-corrected chi connectivity index (χ3v) is 6.39. The predicted octanol–water partition coefficient (Wildman–Crippen LogP) is 4.83. The van der Waals surface area contributed by atoms with Crippen molar-refractivity contribution >= 4 is 23.4 Å². The van der Waals surface area contributed by atoms with E-state index in [1.807, 2.05) is 59.1 Å². The lowest BCUT2D eigenvalue weighted by atomic mass is 10.0. The molecule has 0 radical (unpaired) electrons. The number of carbonyl (C=O) groups excluding carboxylic acids is 1. The second-order valence-corrected chi connectivity index (χ2v) is 7.98. The van der Waals surface area contributed by atoms with Crippen LogP contribution in [0, 0.1) is 0 Å². The Bertz CT molecular complexity index is 728. The molecule has 0 bridgehead atoms. The van der Waals surface area contributed by atoms with Gasteiger partial charge in [0.2, 0.25) is 5.91 Å². The number of benzene rings is 2. The van der Waals surface area contributed by atoms with Crippen molar-refractivity contribution < 1.29 is 9.53 Å². The minimum atomic E-state index is -0.0622. The van der Waals surface area contributed by atoms with Crippen LogP contribution in [0.2, 0.25) is 0 Å². The second kappa shape index (κ2) is 7.52. The maximum Gasteiger partial charge on any atom is 0.237 e. The lowest BCUT2D eigenvalue weighted by Crippen LogP contribution is -2.42. The Balaban J connectivity index is 1.60. The molecule has 1 fully saturated rings. The Kier molecular flexibility index (Phi) is 4.97. The molecule has 1 saturated carbocycles. The number of hydrogen-bond acceptors (Lipinski definition) is 3. The van der Waals surface area contributed by atoms with Gasteiger partial charge in [0, 0.05) is 5.25 Å². The van der Waals surface area contributed by atoms with Crippen molar-refractivity contribution in [2.24, 2.45) is 0 Å². The van der Waals surface area contributed by atoms with Gasteiger partial charge in [0.15, 0.2) is 0 Å². The van der Waals surface area contributed by atoms with Crippen LogP contribution in [0.4, 0.5) is 5.69 Å². The number of ether oxygens (including phenoxy) is 1. The molecule has 3 nitrogen and oxygen atoms in total. The van der Waals surface area contributed by atoms with Crippen molar-refractivity contribution in [2.75, 3.05) is 17.3 Å². The van der Waals surface area contributed by atoms with Crippen molar-refractivity contribution in [3.05, 3.63) is 60.2 Å². The maximum absolute atomic E-state index is 13.2. The summed E-state index contributed by atoms with van der Waals surface area (Å²) in [5, 5.41) is 0.649.